The molecule has 8 heteroatoms. The van der Waals surface area contributed by atoms with Crippen molar-refractivity contribution in [3.8, 4) is 0 Å². The molecule has 1 atom stereocenters. The van der Waals surface area contributed by atoms with Crippen LogP contribution in [0.15, 0.2) is 24.7 Å². The number of anilines is 1. The molecular weight excluding hydrogens is 295 g/mol. The smallest absolute Gasteiger partial charge is 0.340 e. The highest BCUT2D eigenvalue weighted by molar-refractivity contribution is 5.31. The van der Waals surface area contributed by atoms with Crippen molar-refractivity contribution in [3.05, 3.63) is 36.2 Å². The molecular formula is C14H16F3N5. The molecule has 0 bridgehead atoms. The Morgan fingerprint density at radius 3 is 2.59 bits per heavy atom. The number of aryl methyl sites for hydroxylation is 1. The van der Waals surface area contributed by atoms with Crippen LogP contribution in [0.4, 0.5) is 19.1 Å². The number of hydrogen-bond acceptors (Lipinski definition) is 4. The summed E-state index contributed by atoms with van der Waals surface area (Å²) in [5, 5.41) is 0. The predicted molar refractivity (Wildman–Crippen MR) is 74.4 cm³/mol. The molecule has 0 aliphatic carbocycles. The third-order valence-corrected chi connectivity index (χ3v) is 3.82. The predicted octanol–water partition coefficient (Wildman–Crippen LogP) is 2.61. The van der Waals surface area contributed by atoms with Crippen LogP contribution in [0.2, 0.25) is 0 Å². The van der Waals surface area contributed by atoms with Gasteiger partial charge in [-0.25, -0.2) is 15.0 Å². The van der Waals surface area contributed by atoms with Crippen molar-refractivity contribution in [1.29, 1.82) is 0 Å². The van der Waals surface area contributed by atoms with Crippen LogP contribution in [-0.2, 0) is 13.2 Å². The molecule has 1 saturated heterocycles. The van der Waals surface area contributed by atoms with E-state index in [1.807, 2.05) is 4.90 Å². The lowest BCUT2D eigenvalue weighted by molar-refractivity contribution is -0.141. The van der Waals surface area contributed by atoms with Gasteiger partial charge in [0.25, 0.3) is 0 Å². The summed E-state index contributed by atoms with van der Waals surface area (Å²) >= 11 is 0. The first-order chi connectivity index (χ1) is 10.4. The Balaban J connectivity index is 1.82. The molecule has 1 aliphatic rings. The van der Waals surface area contributed by atoms with E-state index in [-0.39, 0.29) is 5.92 Å². The van der Waals surface area contributed by atoms with Crippen molar-refractivity contribution in [3.63, 3.8) is 0 Å². The summed E-state index contributed by atoms with van der Waals surface area (Å²) in [4.78, 5) is 14.2. The second-order valence-electron chi connectivity index (χ2n) is 5.43. The van der Waals surface area contributed by atoms with Gasteiger partial charge in [0.2, 0.25) is 5.95 Å². The van der Waals surface area contributed by atoms with Crippen molar-refractivity contribution in [1.82, 2.24) is 19.5 Å². The molecule has 5 nitrogen and oxygen atoms in total. The third kappa shape index (κ3) is 2.90. The largest absolute Gasteiger partial charge is 0.434 e. The Morgan fingerprint density at radius 1 is 1.23 bits per heavy atom. The topological polar surface area (TPSA) is 46.8 Å². The molecule has 0 amide bonds. The number of aromatic nitrogens is 4. The molecule has 0 radical (unpaired) electrons. The Kier molecular flexibility index (Phi) is 3.76. The van der Waals surface area contributed by atoms with Crippen LogP contribution >= 0.6 is 0 Å². The van der Waals surface area contributed by atoms with E-state index in [0.29, 0.717) is 18.3 Å². The SMILES string of the molecule is Cn1cc(C(F)(F)F)nc1[C@@H]1CCCN(c2ncccn2)C1. The lowest BCUT2D eigenvalue weighted by atomic mass is 9.97. The van der Waals surface area contributed by atoms with E-state index in [1.165, 1.54) is 4.57 Å². The minimum Gasteiger partial charge on any atom is -0.340 e. The summed E-state index contributed by atoms with van der Waals surface area (Å²) in [6.45, 7) is 1.38. The van der Waals surface area contributed by atoms with Gasteiger partial charge in [0.1, 0.15) is 5.82 Å². The zero-order chi connectivity index (χ0) is 15.7. The average Bonchev–Trinajstić information content (AvgIpc) is 2.90. The standard InChI is InChI=1S/C14H16F3N5/c1-21-9-11(14(15,16)17)20-12(21)10-4-2-7-22(8-10)13-18-5-3-6-19-13/h3,5-6,9-10H,2,4,7-8H2,1H3/t10-/m1/s1. The number of halogens is 3. The van der Waals surface area contributed by atoms with E-state index < -0.39 is 11.9 Å². The average molecular weight is 311 g/mol. The van der Waals surface area contributed by atoms with E-state index >= 15 is 0 Å². The number of piperidine rings is 1. The van der Waals surface area contributed by atoms with Gasteiger partial charge in [0, 0.05) is 44.6 Å². The first kappa shape index (κ1) is 14.8. The molecule has 3 heterocycles. The van der Waals surface area contributed by atoms with Gasteiger partial charge in [-0.3, -0.25) is 0 Å². The fraction of sp³-hybridized carbons (Fsp3) is 0.500. The second kappa shape index (κ2) is 5.58. The van der Waals surface area contributed by atoms with E-state index in [0.717, 1.165) is 25.6 Å². The van der Waals surface area contributed by atoms with Crippen LogP contribution in [0.5, 0.6) is 0 Å². The monoisotopic (exact) mass is 311 g/mol. The van der Waals surface area contributed by atoms with Crippen molar-refractivity contribution in [2.75, 3.05) is 18.0 Å². The van der Waals surface area contributed by atoms with Crippen molar-refractivity contribution in [2.24, 2.45) is 7.05 Å². The minimum atomic E-state index is -4.41. The normalized spacial score (nSPS) is 19.5. The number of nitrogens with zero attached hydrogens (tertiary/aromatic N) is 5. The highest BCUT2D eigenvalue weighted by Crippen LogP contribution is 2.32. The van der Waals surface area contributed by atoms with E-state index in [9.17, 15) is 13.2 Å². The molecule has 1 fully saturated rings. The minimum absolute atomic E-state index is 0.0568. The summed E-state index contributed by atoms with van der Waals surface area (Å²) in [5.41, 5.74) is -0.835. The summed E-state index contributed by atoms with van der Waals surface area (Å²) in [6.07, 6.45) is 1.64. The highest BCUT2D eigenvalue weighted by Gasteiger charge is 2.36. The summed E-state index contributed by atoms with van der Waals surface area (Å²) in [6, 6.07) is 1.74. The van der Waals surface area contributed by atoms with E-state index in [2.05, 4.69) is 15.0 Å². The molecule has 0 spiro atoms. The number of alkyl halides is 3. The lowest BCUT2D eigenvalue weighted by Crippen LogP contribution is -2.36. The molecule has 0 saturated carbocycles. The Bertz CT molecular complexity index is 638. The molecule has 2 aromatic heterocycles. The Hall–Kier alpha value is -2.12. The lowest BCUT2D eigenvalue weighted by Gasteiger charge is -2.32. The van der Waals surface area contributed by atoms with Crippen molar-refractivity contribution < 1.29 is 13.2 Å². The van der Waals surface area contributed by atoms with Crippen LogP contribution < -0.4 is 4.90 Å². The van der Waals surface area contributed by atoms with Crippen LogP contribution in [0.3, 0.4) is 0 Å². The molecule has 2 aromatic rings. The third-order valence-electron chi connectivity index (χ3n) is 3.82. The fourth-order valence-electron chi connectivity index (χ4n) is 2.82. The maximum absolute atomic E-state index is 12.8. The van der Waals surface area contributed by atoms with Gasteiger partial charge < -0.3 is 9.47 Å². The van der Waals surface area contributed by atoms with E-state index in [4.69, 9.17) is 0 Å². The molecule has 1 aliphatic heterocycles. The van der Waals surface area contributed by atoms with Gasteiger partial charge in [-0.1, -0.05) is 0 Å². The zero-order valence-electron chi connectivity index (χ0n) is 12.1. The molecule has 0 aromatic carbocycles. The van der Waals surface area contributed by atoms with Gasteiger partial charge in [0.05, 0.1) is 0 Å². The summed E-state index contributed by atoms with van der Waals surface area (Å²) in [7, 11) is 1.61. The van der Waals surface area contributed by atoms with Crippen LogP contribution in [-0.4, -0.2) is 32.6 Å². The van der Waals surface area contributed by atoms with Crippen molar-refractivity contribution in [2.45, 2.75) is 24.9 Å². The Labute approximate surface area is 125 Å². The molecule has 22 heavy (non-hydrogen) atoms. The second-order valence-corrected chi connectivity index (χ2v) is 5.43. The molecule has 118 valence electrons. The number of hydrogen-bond donors (Lipinski definition) is 0. The van der Waals surface area contributed by atoms with Crippen LogP contribution in [0.1, 0.15) is 30.3 Å². The van der Waals surface area contributed by atoms with E-state index in [1.54, 1.807) is 25.5 Å². The number of imidazole rings is 1. The molecule has 0 N–H and O–H groups in total. The van der Waals surface area contributed by atoms with Crippen LogP contribution in [0, 0.1) is 0 Å². The zero-order valence-corrected chi connectivity index (χ0v) is 12.1. The van der Waals surface area contributed by atoms with Gasteiger partial charge >= 0.3 is 6.18 Å². The van der Waals surface area contributed by atoms with Crippen LogP contribution in [0.25, 0.3) is 0 Å². The fourth-order valence-corrected chi connectivity index (χ4v) is 2.82. The molecule has 3 rings (SSSR count). The van der Waals surface area contributed by atoms with Gasteiger partial charge in [0.15, 0.2) is 5.69 Å². The number of rotatable bonds is 2. The maximum atomic E-state index is 12.8. The molecule has 0 unspecified atom stereocenters. The first-order valence-electron chi connectivity index (χ1n) is 7.07. The quantitative estimate of drug-likeness (QED) is 0.855. The summed E-state index contributed by atoms with van der Waals surface area (Å²) in [5.74, 6) is 1.02. The maximum Gasteiger partial charge on any atom is 0.434 e. The highest BCUT2D eigenvalue weighted by atomic mass is 19.4. The van der Waals surface area contributed by atoms with Gasteiger partial charge in [-0.2, -0.15) is 13.2 Å². The van der Waals surface area contributed by atoms with Gasteiger partial charge in [-0.05, 0) is 18.9 Å². The van der Waals surface area contributed by atoms with Crippen molar-refractivity contribution >= 4 is 5.95 Å². The Morgan fingerprint density at radius 2 is 1.95 bits per heavy atom. The van der Waals surface area contributed by atoms with Gasteiger partial charge in [-0.15, -0.1) is 0 Å². The first-order valence-corrected chi connectivity index (χ1v) is 7.07. The summed E-state index contributed by atoms with van der Waals surface area (Å²) < 4.78 is 39.8.